The normalized spacial score (nSPS) is 34.2. The fourth-order valence-electron chi connectivity index (χ4n) is 1.84. The molecular weight excluding hydrogens is 154 g/mol. The Morgan fingerprint density at radius 3 is 2.17 bits per heavy atom. The van der Waals surface area contributed by atoms with Crippen molar-refractivity contribution in [3.8, 4) is 0 Å². The van der Waals surface area contributed by atoms with Crippen LogP contribution < -0.4 is 0 Å². The molecule has 0 atom stereocenters. The monoisotopic (exact) mass is 165 g/mol. The molecule has 0 aromatic heterocycles. The van der Waals surface area contributed by atoms with Crippen molar-refractivity contribution < 1.29 is 9.59 Å². The van der Waals surface area contributed by atoms with Gasteiger partial charge in [-0.25, -0.2) is 0 Å². The lowest BCUT2D eigenvalue weighted by molar-refractivity contribution is -0.142. The Kier molecular flexibility index (Phi) is 1.53. The van der Waals surface area contributed by atoms with Crippen LogP contribution in [0.15, 0.2) is 12.2 Å². The summed E-state index contributed by atoms with van der Waals surface area (Å²) in [6.07, 6.45) is 4.65. The molecule has 1 aliphatic carbocycles. The number of nitrogens with zero attached hydrogens (tertiary/aromatic N) is 1. The Hall–Kier alpha value is -1.12. The molecule has 2 aliphatic rings. The van der Waals surface area contributed by atoms with E-state index in [0.29, 0.717) is 5.92 Å². The van der Waals surface area contributed by atoms with Gasteiger partial charge in [-0.3, -0.25) is 14.5 Å². The van der Waals surface area contributed by atoms with Crippen molar-refractivity contribution in [3.05, 3.63) is 12.2 Å². The molecule has 64 valence electrons. The number of hydrogen-bond acceptors (Lipinski definition) is 2. The van der Waals surface area contributed by atoms with Crippen molar-refractivity contribution in [1.82, 2.24) is 4.90 Å². The summed E-state index contributed by atoms with van der Waals surface area (Å²) < 4.78 is 0. The first-order valence-electron chi connectivity index (χ1n) is 4.23. The van der Waals surface area contributed by atoms with E-state index in [1.807, 2.05) is 0 Å². The lowest BCUT2D eigenvalue weighted by Crippen LogP contribution is -2.47. The smallest absolute Gasteiger partial charge is 0.253 e. The molecule has 1 saturated carbocycles. The molecule has 3 heteroatoms. The van der Waals surface area contributed by atoms with Crippen molar-refractivity contribution in [2.75, 3.05) is 0 Å². The number of rotatable bonds is 1. The summed E-state index contributed by atoms with van der Waals surface area (Å²) in [5, 5.41) is 0. The van der Waals surface area contributed by atoms with Gasteiger partial charge in [-0.05, 0) is 18.8 Å². The van der Waals surface area contributed by atoms with Crippen LogP contribution in [0.2, 0.25) is 0 Å². The average molecular weight is 165 g/mol. The minimum absolute atomic E-state index is 0.142. The molecule has 0 bridgehead atoms. The number of carbonyl (C=O) groups excluding carboxylic acids is 2. The minimum Gasteiger partial charge on any atom is -0.272 e. The molecule has 0 N–H and O–H groups in total. The van der Waals surface area contributed by atoms with Crippen molar-refractivity contribution in [1.29, 1.82) is 0 Å². The van der Waals surface area contributed by atoms with Crippen LogP contribution >= 0.6 is 0 Å². The molecule has 3 nitrogen and oxygen atoms in total. The number of imide groups is 1. The van der Waals surface area contributed by atoms with Crippen molar-refractivity contribution >= 4 is 11.8 Å². The van der Waals surface area contributed by atoms with Gasteiger partial charge in [0.15, 0.2) is 0 Å². The second-order valence-electron chi connectivity index (χ2n) is 3.61. The summed E-state index contributed by atoms with van der Waals surface area (Å²) in [6.45, 7) is 2.13. The van der Waals surface area contributed by atoms with Gasteiger partial charge in [-0.1, -0.05) is 6.92 Å². The van der Waals surface area contributed by atoms with Gasteiger partial charge < -0.3 is 0 Å². The summed E-state index contributed by atoms with van der Waals surface area (Å²) in [7, 11) is 0. The van der Waals surface area contributed by atoms with Gasteiger partial charge in [-0.15, -0.1) is 0 Å². The second kappa shape index (κ2) is 2.44. The highest BCUT2D eigenvalue weighted by molar-refractivity contribution is 6.13. The first-order chi connectivity index (χ1) is 5.68. The van der Waals surface area contributed by atoms with Crippen LogP contribution in [0.5, 0.6) is 0 Å². The maximum Gasteiger partial charge on any atom is 0.253 e. The Morgan fingerprint density at radius 1 is 1.25 bits per heavy atom. The molecule has 0 radical (unpaired) electrons. The molecular formula is C9H11NO2. The molecule has 12 heavy (non-hydrogen) atoms. The SMILES string of the molecule is CC1CC(N2C(=O)C=CC2=O)C1. The molecule has 1 aliphatic heterocycles. The van der Waals surface area contributed by atoms with Crippen LogP contribution in [0.4, 0.5) is 0 Å². The lowest BCUT2D eigenvalue weighted by atomic mass is 9.81. The Labute approximate surface area is 71.0 Å². The van der Waals surface area contributed by atoms with Crippen LogP contribution in [0.3, 0.4) is 0 Å². The second-order valence-corrected chi connectivity index (χ2v) is 3.61. The molecule has 0 spiro atoms. The van der Waals surface area contributed by atoms with Gasteiger partial charge in [0.1, 0.15) is 0 Å². The molecule has 1 fully saturated rings. The van der Waals surface area contributed by atoms with Crippen LogP contribution in [-0.2, 0) is 9.59 Å². The minimum atomic E-state index is -0.142. The zero-order valence-corrected chi connectivity index (χ0v) is 6.99. The van der Waals surface area contributed by atoms with E-state index in [9.17, 15) is 9.59 Å². The predicted molar refractivity (Wildman–Crippen MR) is 43.2 cm³/mol. The van der Waals surface area contributed by atoms with E-state index in [4.69, 9.17) is 0 Å². The van der Waals surface area contributed by atoms with Crippen LogP contribution in [0, 0.1) is 5.92 Å². The zero-order chi connectivity index (χ0) is 8.72. The molecule has 1 heterocycles. The third kappa shape index (κ3) is 0.967. The first kappa shape index (κ1) is 7.53. The lowest BCUT2D eigenvalue weighted by Gasteiger charge is -2.38. The van der Waals surface area contributed by atoms with Crippen molar-refractivity contribution in [2.45, 2.75) is 25.8 Å². The molecule has 0 aromatic rings. The molecule has 2 rings (SSSR count). The number of carbonyl (C=O) groups is 2. The third-order valence-corrected chi connectivity index (χ3v) is 2.56. The maximum atomic E-state index is 11.1. The third-order valence-electron chi connectivity index (χ3n) is 2.56. The highest BCUT2D eigenvalue weighted by Crippen LogP contribution is 2.32. The van der Waals surface area contributed by atoms with Gasteiger partial charge in [-0.2, -0.15) is 0 Å². The molecule has 0 aromatic carbocycles. The van der Waals surface area contributed by atoms with E-state index in [1.165, 1.54) is 17.1 Å². The summed E-state index contributed by atoms with van der Waals surface area (Å²) in [5.41, 5.74) is 0. The topological polar surface area (TPSA) is 37.4 Å². The standard InChI is InChI=1S/C9H11NO2/c1-6-4-7(5-6)10-8(11)2-3-9(10)12/h2-3,6-7H,4-5H2,1H3. The van der Waals surface area contributed by atoms with Gasteiger partial charge >= 0.3 is 0 Å². The number of hydrogen-bond donors (Lipinski definition) is 0. The van der Waals surface area contributed by atoms with E-state index in [0.717, 1.165) is 12.8 Å². The quantitative estimate of drug-likeness (QED) is 0.536. The summed E-state index contributed by atoms with van der Waals surface area (Å²) >= 11 is 0. The van der Waals surface area contributed by atoms with Crippen molar-refractivity contribution in [2.24, 2.45) is 5.92 Å². The van der Waals surface area contributed by atoms with Gasteiger partial charge in [0.2, 0.25) is 0 Å². The van der Waals surface area contributed by atoms with E-state index < -0.39 is 0 Å². The highest BCUT2D eigenvalue weighted by atomic mass is 16.2. The summed E-state index contributed by atoms with van der Waals surface area (Å²) in [5.74, 6) is 0.380. The van der Waals surface area contributed by atoms with E-state index in [2.05, 4.69) is 6.92 Å². The zero-order valence-electron chi connectivity index (χ0n) is 6.99. The Morgan fingerprint density at radius 2 is 1.75 bits per heavy atom. The predicted octanol–water partition coefficient (Wildman–Crippen LogP) is 0.710. The maximum absolute atomic E-state index is 11.1. The van der Waals surface area contributed by atoms with Gasteiger partial charge in [0.25, 0.3) is 11.8 Å². The van der Waals surface area contributed by atoms with Crippen LogP contribution in [0.25, 0.3) is 0 Å². The fraction of sp³-hybridized carbons (Fsp3) is 0.556. The van der Waals surface area contributed by atoms with Gasteiger partial charge in [0.05, 0.1) is 0 Å². The van der Waals surface area contributed by atoms with E-state index in [1.54, 1.807) is 0 Å². The Balaban J connectivity index is 2.05. The average Bonchev–Trinajstić information content (AvgIpc) is 2.26. The largest absolute Gasteiger partial charge is 0.272 e. The molecule has 0 saturated heterocycles. The molecule has 0 unspecified atom stereocenters. The number of amides is 2. The fourth-order valence-corrected chi connectivity index (χ4v) is 1.84. The molecule has 2 amide bonds. The van der Waals surface area contributed by atoms with E-state index >= 15 is 0 Å². The Bertz CT molecular complexity index is 246. The van der Waals surface area contributed by atoms with E-state index in [-0.39, 0.29) is 17.9 Å². The van der Waals surface area contributed by atoms with Crippen molar-refractivity contribution in [3.63, 3.8) is 0 Å². The summed E-state index contributed by atoms with van der Waals surface area (Å²) in [4.78, 5) is 23.7. The first-order valence-corrected chi connectivity index (χ1v) is 4.23. The summed E-state index contributed by atoms with van der Waals surface area (Å²) in [6, 6.07) is 0.176. The highest BCUT2D eigenvalue weighted by Gasteiger charge is 2.37. The van der Waals surface area contributed by atoms with Gasteiger partial charge in [0, 0.05) is 18.2 Å². The van der Waals surface area contributed by atoms with Crippen LogP contribution in [-0.4, -0.2) is 22.8 Å². The van der Waals surface area contributed by atoms with Crippen LogP contribution in [0.1, 0.15) is 19.8 Å².